The third-order valence-electron chi connectivity index (χ3n) is 17.4. The quantitative estimate of drug-likeness (QED) is 0.0389. The number of amides is 4. The highest BCUT2D eigenvalue weighted by Crippen LogP contribution is 2.41. The Morgan fingerprint density at radius 3 is 2.29 bits per heavy atom. The van der Waals surface area contributed by atoms with E-state index in [0.29, 0.717) is 92.6 Å². The molecule has 90 heavy (non-hydrogen) atoms. The van der Waals surface area contributed by atoms with Gasteiger partial charge in [-0.15, -0.1) is 0 Å². The SMILES string of the molecule is CN1C(=O)C[C@H](C(=O)NCCOC2CCC(OCCCC(=O)NC3CCC(C(=O)N4CCC(CCNCc5cc(-c6cc(-c7cccc(C(F)(F)F)c7)ccc6Oc6ccc(S(=O)(=O)Nc7ncns7)cc6C#N)ccn5)CC4)CC3)CC2)[C@H]1c1cccnc1. The lowest BCUT2D eigenvalue weighted by Crippen LogP contribution is -2.45. The van der Waals surface area contributed by atoms with Gasteiger partial charge in [-0.3, -0.25) is 33.9 Å². The Morgan fingerprint density at radius 1 is 0.811 bits per heavy atom. The number of piperidine rings is 1. The van der Waals surface area contributed by atoms with E-state index in [1.54, 1.807) is 66.9 Å². The van der Waals surface area contributed by atoms with Gasteiger partial charge in [0, 0.05) is 100 Å². The van der Waals surface area contributed by atoms with Crippen LogP contribution < -0.4 is 25.4 Å². The fraction of sp³-hybridized carbons (Fsp3) is 0.462. The molecule has 0 spiro atoms. The maximum absolute atomic E-state index is 13.8. The maximum atomic E-state index is 13.8. The number of sulfonamides is 1. The van der Waals surface area contributed by atoms with E-state index in [4.69, 9.17) is 14.2 Å². The van der Waals surface area contributed by atoms with Crippen molar-refractivity contribution < 1.29 is 55.0 Å². The van der Waals surface area contributed by atoms with Crippen LogP contribution in [0.2, 0.25) is 0 Å². The zero-order chi connectivity index (χ0) is 63.2. The Bertz CT molecular complexity index is 3590. The van der Waals surface area contributed by atoms with Gasteiger partial charge in [-0.1, -0.05) is 24.3 Å². The van der Waals surface area contributed by atoms with Crippen LogP contribution in [0, 0.1) is 29.1 Å². The highest BCUT2D eigenvalue weighted by molar-refractivity contribution is 7.93. The Morgan fingerprint density at radius 2 is 1.57 bits per heavy atom. The summed E-state index contributed by atoms with van der Waals surface area (Å²) in [7, 11) is -2.41. The topological polar surface area (TPSA) is 260 Å². The lowest BCUT2D eigenvalue weighted by Gasteiger charge is -2.36. The van der Waals surface area contributed by atoms with Crippen LogP contribution in [-0.4, -0.2) is 126 Å². The van der Waals surface area contributed by atoms with Crippen molar-refractivity contribution in [3.05, 3.63) is 132 Å². The van der Waals surface area contributed by atoms with Crippen LogP contribution in [0.4, 0.5) is 18.3 Å². The molecule has 4 fully saturated rings. The zero-order valence-corrected chi connectivity index (χ0v) is 51.7. The van der Waals surface area contributed by atoms with E-state index >= 15 is 0 Å². The number of ether oxygens (including phenoxy) is 3. The number of aromatic nitrogens is 4. The highest BCUT2D eigenvalue weighted by Gasteiger charge is 2.43. The number of benzene rings is 3. The molecule has 3 aromatic carbocycles. The van der Waals surface area contributed by atoms with Crippen LogP contribution in [0.25, 0.3) is 22.3 Å². The predicted molar refractivity (Wildman–Crippen MR) is 330 cm³/mol. The number of hydrogen-bond acceptors (Lipinski definition) is 16. The number of anilines is 1. The minimum Gasteiger partial charge on any atom is -0.455 e. The number of rotatable bonds is 25. The average molecular weight is 1270 g/mol. The zero-order valence-electron chi connectivity index (χ0n) is 50.0. The third kappa shape index (κ3) is 17.1. The monoisotopic (exact) mass is 1270 g/mol. The summed E-state index contributed by atoms with van der Waals surface area (Å²) >= 11 is 0.850. The molecule has 0 radical (unpaired) electrons. The van der Waals surface area contributed by atoms with Gasteiger partial charge in [0.15, 0.2) is 0 Å². The van der Waals surface area contributed by atoms with Crippen molar-refractivity contribution in [2.75, 3.05) is 51.2 Å². The molecular weight excluding hydrogens is 1200 g/mol. The number of alkyl halides is 3. The summed E-state index contributed by atoms with van der Waals surface area (Å²) in [4.78, 5) is 68.3. The number of nitrogens with zero attached hydrogens (tertiary/aromatic N) is 7. The number of hydrogen-bond donors (Lipinski definition) is 4. The molecule has 4 aliphatic rings. The second-order valence-corrected chi connectivity index (χ2v) is 25.9. The molecule has 0 unspecified atom stereocenters. The lowest BCUT2D eigenvalue weighted by atomic mass is 9.84. The molecule has 2 aliphatic heterocycles. The third-order valence-corrected chi connectivity index (χ3v) is 19.5. The van der Waals surface area contributed by atoms with Crippen LogP contribution >= 0.6 is 11.5 Å². The summed E-state index contributed by atoms with van der Waals surface area (Å²) in [6, 6.07) is 22.8. The van der Waals surface area contributed by atoms with Crippen molar-refractivity contribution in [1.29, 1.82) is 5.26 Å². The van der Waals surface area contributed by atoms with Gasteiger partial charge in [0.05, 0.1) is 52.5 Å². The van der Waals surface area contributed by atoms with Gasteiger partial charge in [0.2, 0.25) is 28.8 Å². The van der Waals surface area contributed by atoms with E-state index in [0.717, 1.165) is 99.9 Å². The van der Waals surface area contributed by atoms with Crippen molar-refractivity contribution in [3.63, 3.8) is 0 Å². The molecule has 0 bridgehead atoms. The molecule has 2 saturated carbocycles. The van der Waals surface area contributed by atoms with E-state index in [1.165, 1.54) is 30.6 Å². The summed E-state index contributed by atoms with van der Waals surface area (Å²) in [5.74, 6) is 0.188. The Labute approximate surface area is 525 Å². The molecule has 5 heterocycles. The van der Waals surface area contributed by atoms with Gasteiger partial charge >= 0.3 is 6.18 Å². The normalized spacial score (nSPS) is 20.7. The molecule has 2 saturated heterocycles. The van der Waals surface area contributed by atoms with E-state index in [1.807, 2.05) is 23.1 Å². The van der Waals surface area contributed by atoms with Crippen LogP contribution in [0.1, 0.15) is 118 Å². The highest BCUT2D eigenvalue weighted by atomic mass is 32.2. The number of likely N-dealkylation sites (tertiary alicyclic amines) is 2. The molecular formula is C65H74F3N11O9S2. The fourth-order valence-corrected chi connectivity index (χ4v) is 14.2. The summed E-state index contributed by atoms with van der Waals surface area (Å²) in [5.41, 5.74) is 2.58. The molecule has 4 amide bonds. The van der Waals surface area contributed by atoms with Crippen molar-refractivity contribution in [1.82, 2.24) is 45.1 Å². The van der Waals surface area contributed by atoms with Crippen molar-refractivity contribution in [2.24, 2.45) is 17.8 Å². The molecule has 4 N–H and O–H groups in total. The van der Waals surface area contributed by atoms with Gasteiger partial charge in [0.25, 0.3) is 10.0 Å². The number of pyridine rings is 2. The molecule has 20 nitrogen and oxygen atoms in total. The van der Waals surface area contributed by atoms with E-state index in [2.05, 4.69) is 40.0 Å². The summed E-state index contributed by atoms with van der Waals surface area (Å²) < 4.78 is 92.4. The minimum atomic E-state index is -4.56. The van der Waals surface area contributed by atoms with Gasteiger partial charge in [-0.2, -0.15) is 22.8 Å². The van der Waals surface area contributed by atoms with E-state index in [9.17, 15) is 46.0 Å². The maximum Gasteiger partial charge on any atom is 0.416 e. The molecule has 6 aromatic rings. The first-order valence-corrected chi connectivity index (χ1v) is 33.0. The first kappa shape index (κ1) is 65.1. The van der Waals surface area contributed by atoms with Gasteiger partial charge in [-0.25, -0.2) is 13.4 Å². The number of nitrogens with one attached hydrogen (secondary N) is 4. The smallest absolute Gasteiger partial charge is 0.416 e. The molecule has 10 rings (SSSR count). The fourth-order valence-electron chi connectivity index (χ4n) is 12.5. The summed E-state index contributed by atoms with van der Waals surface area (Å²) in [6.45, 7) is 3.78. The van der Waals surface area contributed by atoms with E-state index < -0.39 is 27.7 Å². The van der Waals surface area contributed by atoms with Crippen LogP contribution in [0.15, 0.2) is 115 Å². The van der Waals surface area contributed by atoms with Crippen LogP contribution in [-0.2, 0) is 51.4 Å². The first-order valence-electron chi connectivity index (χ1n) is 30.7. The minimum absolute atomic E-state index is 0.00883. The largest absolute Gasteiger partial charge is 0.455 e. The average Bonchev–Trinajstić information content (AvgIpc) is 1.92. The number of halogens is 3. The van der Waals surface area contributed by atoms with Crippen LogP contribution in [0.5, 0.6) is 11.5 Å². The summed E-state index contributed by atoms with van der Waals surface area (Å²) in [6.07, 6.45) is 12.2. The number of nitriles is 1. The molecule has 25 heteroatoms. The second-order valence-electron chi connectivity index (χ2n) is 23.5. The van der Waals surface area contributed by atoms with Crippen molar-refractivity contribution >= 4 is 50.3 Å². The number of carbonyl (C=O) groups excluding carboxylic acids is 4. The molecule has 2 atom stereocenters. The number of carbonyl (C=O) groups is 4. The van der Waals surface area contributed by atoms with Crippen molar-refractivity contribution in [2.45, 2.75) is 132 Å². The predicted octanol–water partition coefficient (Wildman–Crippen LogP) is 10.00. The Balaban J connectivity index is 0.614. The van der Waals surface area contributed by atoms with E-state index in [-0.39, 0.29) is 87.3 Å². The van der Waals surface area contributed by atoms with Crippen LogP contribution in [0.3, 0.4) is 0 Å². The molecule has 2 aliphatic carbocycles. The first-order chi connectivity index (χ1) is 43.5. The molecule has 3 aromatic heterocycles. The van der Waals surface area contributed by atoms with Gasteiger partial charge in [0.1, 0.15) is 23.9 Å². The standard InChI is InChI=1S/C65H74F3N11O9S2/c1-78-60(81)37-56(61(78)47-6-3-25-70-39-47)62(82)73-28-32-87-53-16-14-52(15-17-53)86-31-4-8-59(80)76-50-12-9-43(10-13-50)63(83)79-29-23-42(24-30-79)21-26-71-40-51-34-46(22-27-72-51)55-36-45(44-5-2-7-49(33-44)65(66,67)68)11-19-58(55)88-57-20-18-54(35-48(57)38-69)90(84,85)77-64-74-41-75-89-64/h2-3,5-7,11,18-20,22,25,27,33-36,39,41-43,50,52-53,56,61,71H,4,8-10,12-17,21,23-24,26,28-32,37,40H2,1H3,(H,73,82)(H,76,80)(H,74,75,77)/t43?,50?,52?,53?,56-,61+/m0/s1. The Kier molecular flexibility index (Phi) is 21.9. The Hall–Kier alpha value is -7.89. The second kappa shape index (κ2) is 30.3. The van der Waals surface area contributed by atoms with Gasteiger partial charge < -0.3 is 40.0 Å². The lowest BCUT2D eigenvalue weighted by molar-refractivity contribution is -0.138. The molecule has 476 valence electrons. The van der Waals surface area contributed by atoms with Crippen molar-refractivity contribution in [3.8, 4) is 39.8 Å². The van der Waals surface area contributed by atoms with Gasteiger partial charge in [-0.05, 0) is 172 Å². The summed E-state index contributed by atoms with van der Waals surface area (Å²) in [5, 5.41) is 19.8.